The molecule has 1 N–H and O–H groups in total. The number of aromatic nitrogens is 3. The molecule has 0 saturated heterocycles. The lowest BCUT2D eigenvalue weighted by Crippen LogP contribution is -2.14. The normalized spacial score (nSPS) is 10.8. The number of rotatable bonds is 3. The van der Waals surface area contributed by atoms with Crippen molar-refractivity contribution in [2.75, 3.05) is 5.32 Å². The first kappa shape index (κ1) is 16.6. The van der Waals surface area contributed by atoms with Gasteiger partial charge in [-0.1, -0.05) is 35.3 Å². The molecule has 0 bridgehead atoms. The Morgan fingerprint density at radius 2 is 1.81 bits per heavy atom. The molecule has 26 heavy (non-hydrogen) atoms. The number of hydrogen-bond donors (Lipinski definition) is 1. The van der Waals surface area contributed by atoms with Crippen molar-refractivity contribution in [3.63, 3.8) is 0 Å². The van der Waals surface area contributed by atoms with Gasteiger partial charge in [0.1, 0.15) is 5.69 Å². The Morgan fingerprint density at radius 1 is 1.00 bits per heavy atom. The van der Waals surface area contributed by atoms with Crippen molar-refractivity contribution in [1.82, 2.24) is 14.6 Å². The van der Waals surface area contributed by atoms with Crippen molar-refractivity contribution in [1.29, 1.82) is 0 Å². The Hall–Kier alpha value is -2.89. The number of halogens is 2. The lowest BCUT2D eigenvalue weighted by Gasteiger charge is -2.06. The van der Waals surface area contributed by atoms with Gasteiger partial charge < -0.3 is 5.32 Å². The highest BCUT2D eigenvalue weighted by Crippen LogP contribution is 2.26. The van der Waals surface area contributed by atoms with Crippen LogP contribution in [0.3, 0.4) is 0 Å². The number of benzene rings is 2. The Balaban J connectivity index is 1.69. The molecule has 4 aromatic rings. The number of fused-ring (bicyclic) bond motifs is 1. The summed E-state index contributed by atoms with van der Waals surface area (Å²) in [4.78, 5) is 17.0. The molecule has 0 radical (unpaired) electrons. The summed E-state index contributed by atoms with van der Waals surface area (Å²) in [7, 11) is 0. The van der Waals surface area contributed by atoms with Gasteiger partial charge in [-0.3, -0.25) is 4.79 Å². The molecule has 1 amide bonds. The molecule has 4 rings (SSSR count). The van der Waals surface area contributed by atoms with Crippen molar-refractivity contribution in [2.24, 2.45) is 0 Å². The van der Waals surface area contributed by atoms with Crippen LogP contribution in [0.5, 0.6) is 0 Å². The van der Waals surface area contributed by atoms with Gasteiger partial charge in [0.05, 0.1) is 6.20 Å². The van der Waals surface area contributed by atoms with Gasteiger partial charge in [-0.15, -0.1) is 0 Å². The summed E-state index contributed by atoms with van der Waals surface area (Å²) in [5, 5.41) is 8.31. The van der Waals surface area contributed by atoms with Gasteiger partial charge in [-0.25, -0.2) is 9.50 Å². The molecular formula is C19H12Cl2N4O. The molecular weight excluding hydrogens is 371 g/mol. The number of hydrogen-bond acceptors (Lipinski definition) is 3. The number of nitrogens with zero attached hydrogens (tertiary/aromatic N) is 3. The fourth-order valence-electron chi connectivity index (χ4n) is 2.58. The van der Waals surface area contributed by atoms with E-state index in [-0.39, 0.29) is 11.6 Å². The molecule has 0 fully saturated rings. The topological polar surface area (TPSA) is 59.3 Å². The second-order valence-corrected chi connectivity index (χ2v) is 6.48. The van der Waals surface area contributed by atoms with E-state index in [1.165, 1.54) is 0 Å². The van der Waals surface area contributed by atoms with Crippen LogP contribution in [0.1, 0.15) is 10.5 Å². The standard InChI is InChI=1S/C19H12Cl2N4O/c20-13-4-6-15(7-5-13)23-19(26)17-8-9-25-18(24-17)16(11-22-25)12-2-1-3-14(21)10-12/h1-11H,(H,23,26). The van der Waals surface area contributed by atoms with Crippen molar-refractivity contribution in [3.8, 4) is 11.1 Å². The minimum absolute atomic E-state index is 0.288. The summed E-state index contributed by atoms with van der Waals surface area (Å²) in [6.07, 6.45) is 3.40. The van der Waals surface area contributed by atoms with Crippen LogP contribution in [0.4, 0.5) is 5.69 Å². The van der Waals surface area contributed by atoms with E-state index in [0.29, 0.717) is 21.4 Å². The molecule has 0 spiro atoms. The summed E-state index contributed by atoms with van der Waals surface area (Å²) < 4.78 is 1.62. The molecule has 128 valence electrons. The molecule has 2 heterocycles. The van der Waals surface area contributed by atoms with Gasteiger partial charge in [-0.05, 0) is 48.0 Å². The molecule has 0 atom stereocenters. The second-order valence-electron chi connectivity index (χ2n) is 5.61. The lowest BCUT2D eigenvalue weighted by molar-refractivity contribution is 0.102. The Bertz CT molecular complexity index is 1110. The molecule has 0 aliphatic heterocycles. The van der Waals surface area contributed by atoms with Crippen molar-refractivity contribution < 1.29 is 4.79 Å². The summed E-state index contributed by atoms with van der Waals surface area (Å²) in [6.45, 7) is 0. The van der Waals surface area contributed by atoms with Crippen LogP contribution < -0.4 is 5.32 Å². The van der Waals surface area contributed by atoms with Gasteiger partial charge in [-0.2, -0.15) is 5.10 Å². The van der Waals surface area contributed by atoms with E-state index >= 15 is 0 Å². The highest BCUT2D eigenvalue weighted by molar-refractivity contribution is 6.31. The molecule has 0 saturated carbocycles. The second kappa shape index (κ2) is 6.78. The van der Waals surface area contributed by atoms with Crippen LogP contribution in [0.15, 0.2) is 67.0 Å². The summed E-state index contributed by atoms with van der Waals surface area (Å²) in [5.74, 6) is -0.312. The van der Waals surface area contributed by atoms with Crippen molar-refractivity contribution in [3.05, 3.63) is 82.7 Å². The third-order valence-corrected chi connectivity index (χ3v) is 4.33. The Morgan fingerprint density at radius 3 is 2.58 bits per heavy atom. The highest BCUT2D eigenvalue weighted by Gasteiger charge is 2.13. The largest absolute Gasteiger partial charge is 0.321 e. The first-order valence-corrected chi connectivity index (χ1v) is 8.53. The molecule has 0 unspecified atom stereocenters. The molecule has 0 aliphatic rings. The molecule has 5 nitrogen and oxygen atoms in total. The third kappa shape index (κ3) is 3.27. The first-order valence-electron chi connectivity index (χ1n) is 7.77. The average molecular weight is 383 g/mol. The maximum atomic E-state index is 12.5. The summed E-state index contributed by atoms with van der Waals surface area (Å²) >= 11 is 11.9. The number of nitrogens with one attached hydrogen (secondary N) is 1. The van der Waals surface area contributed by atoms with E-state index in [1.807, 2.05) is 18.2 Å². The van der Waals surface area contributed by atoms with Crippen molar-refractivity contribution in [2.45, 2.75) is 0 Å². The van der Waals surface area contributed by atoms with Gasteiger partial charge >= 0.3 is 0 Å². The van der Waals surface area contributed by atoms with Gasteiger partial charge in [0, 0.05) is 27.5 Å². The zero-order valence-corrected chi connectivity index (χ0v) is 14.9. The highest BCUT2D eigenvalue weighted by atomic mass is 35.5. The first-order chi connectivity index (χ1) is 12.6. The van der Waals surface area contributed by atoms with Crippen LogP contribution in [0.2, 0.25) is 10.0 Å². The minimum Gasteiger partial charge on any atom is -0.321 e. The van der Waals surface area contributed by atoms with Crippen LogP contribution >= 0.6 is 23.2 Å². The molecule has 0 aliphatic carbocycles. The lowest BCUT2D eigenvalue weighted by atomic mass is 10.1. The molecule has 7 heteroatoms. The fraction of sp³-hybridized carbons (Fsp3) is 0. The van der Waals surface area contributed by atoms with Crippen LogP contribution in [0.25, 0.3) is 16.8 Å². The summed E-state index contributed by atoms with van der Waals surface area (Å²) in [6, 6.07) is 15.9. The SMILES string of the molecule is O=C(Nc1ccc(Cl)cc1)c1ccn2ncc(-c3cccc(Cl)c3)c2n1. The van der Waals surface area contributed by atoms with Gasteiger partial charge in [0.15, 0.2) is 5.65 Å². The minimum atomic E-state index is -0.312. The zero-order chi connectivity index (χ0) is 18.1. The quantitative estimate of drug-likeness (QED) is 0.544. The molecule has 2 aromatic carbocycles. The predicted molar refractivity (Wildman–Crippen MR) is 103 cm³/mol. The number of anilines is 1. The Labute approximate surface area is 159 Å². The molecule has 2 aromatic heterocycles. The third-order valence-electron chi connectivity index (χ3n) is 3.84. The predicted octanol–water partition coefficient (Wildman–Crippen LogP) is 4.96. The van der Waals surface area contributed by atoms with Crippen LogP contribution in [-0.4, -0.2) is 20.5 Å². The van der Waals surface area contributed by atoms with E-state index in [0.717, 1.165) is 11.1 Å². The number of carbonyl (C=O) groups is 1. The van der Waals surface area contributed by atoms with E-state index < -0.39 is 0 Å². The van der Waals surface area contributed by atoms with Crippen molar-refractivity contribution >= 4 is 40.4 Å². The smallest absolute Gasteiger partial charge is 0.274 e. The monoisotopic (exact) mass is 382 g/mol. The van der Waals surface area contributed by atoms with E-state index in [4.69, 9.17) is 23.2 Å². The Kier molecular flexibility index (Phi) is 4.32. The zero-order valence-electron chi connectivity index (χ0n) is 13.4. The van der Waals surface area contributed by atoms with E-state index in [9.17, 15) is 4.79 Å². The van der Waals surface area contributed by atoms with Crippen LogP contribution in [-0.2, 0) is 0 Å². The van der Waals surface area contributed by atoms with Gasteiger partial charge in [0.2, 0.25) is 0 Å². The fourth-order valence-corrected chi connectivity index (χ4v) is 2.90. The number of carbonyl (C=O) groups excluding carboxylic acids is 1. The van der Waals surface area contributed by atoms with E-state index in [1.54, 1.807) is 53.3 Å². The van der Waals surface area contributed by atoms with Crippen LogP contribution in [0, 0.1) is 0 Å². The number of amides is 1. The van der Waals surface area contributed by atoms with E-state index in [2.05, 4.69) is 15.4 Å². The maximum Gasteiger partial charge on any atom is 0.274 e. The summed E-state index contributed by atoms with van der Waals surface area (Å²) in [5.41, 5.74) is 3.20. The average Bonchev–Trinajstić information content (AvgIpc) is 3.07. The maximum absolute atomic E-state index is 12.5. The van der Waals surface area contributed by atoms with Gasteiger partial charge in [0.25, 0.3) is 5.91 Å².